The number of carboxylic acid groups (broad SMARTS) is 1. The van der Waals surface area contributed by atoms with E-state index in [1.165, 1.54) is 12.1 Å². The average molecular weight is 273 g/mol. The highest BCUT2D eigenvalue weighted by Crippen LogP contribution is 2.28. The first-order valence-corrected chi connectivity index (χ1v) is 7.15. The summed E-state index contributed by atoms with van der Waals surface area (Å²) >= 11 is 0. The zero-order valence-corrected chi connectivity index (χ0v) is 10.4. The molecule has 1 aliphatic heterocycles. The first-order chi connectivity index (χ1) is 8.29. The number of benzene rings is 1. The smallest absolute Gasteiger partial charge is 0.310 e. The van der Waals surface area contributed by atoms with Crippen LogP contribution in [0.2, 0.25) is 0 Å². The molecule has 1 aromatic rings. The van der Waals surface area contributed by atoms with Crippen LogP contribution in [0.3, 0.4) is 0 Å². The Morgan fingerprint density at radius 2 is 2.06 bits per heavy atom. The Morgan fingerprint density at radius 3 is 2.50 bits per heavy atom. The first-order valence-electron chi connectivity index (χ1n) is 5.26. The monoisotopic (exact) mass is 273 g/mol. The van der Waals surface area contributed by atoms with Crippen LogP contribution in [-0.4, -0.2) is 38.8 Å². The Bertz CT molecular complexity index is 593. The highest BCUT2D eigenvalue weighted by molar-refractivity contribution is 7.90. The molecule has 1 aromatic carbocycles. The Labute approximate surface area is 104 Å². The van der Waals surface area contributed by atoms with Crippen LogP contribution in [0.4, 0.5) is 10.1 Å². The quantitative estimate of drug-likeness (QED) is 0.879. The Hall–Kier alpha value is -1.63. The molecule has 1 heterocycles. The second-order valence-corrected chi connectivity index (χ2v) is 6.34. The van der Waals surface area contributed by atoms with Gasteiger partial charge < -0.3 is 10.0 Å². The molecule has 1 N–H and O–H groups in total. The highest BCUT2D eigenvalue weighted by Gasteiger charge is 2.33. The molecular formula is C11H12FNO4S. The molecule has 1 saturated heterocycles. The van der Waals surface area contributed by atoms with E-state index >= 15 is 0 Å². The van der Waals surface area contributed by atoms with E-state index in [2.05, 4.69) is 0 Å². The molecule has 0 atom stereocenters. The number of anilines is 1. The van der Waals surface area contributed by atoms with Crippen LogP contribution in [0.25, 0.3) is 0 Å². The summed E-state index contributed by atoms with van der Waals surface area (Å²) in [5.41, 5.74) is 0.236. The van der Waals surface area contributed by atoms with Gasteiger partial charge in [-0.2, -0.15) is 0 Å². The van der Waals surface area contributed by atoms with Crippen molar-refractivity contribution in [3.8, 4) is 0 Å². The fourth-order valence-electron chi connectivity index (χ4n) is 1.81. The molecule has 0 amide bonds. The van der Waals surface area contributed by atoms with E-state index in [1.54, 1.807) is 4.90 Å². The molecule has 0 unspecified atom stereocenters. The van der Waals surface area contributed by atoms with Crippen molar-refractivity contribution in [2.24, 2.45) is 5.92 Å². The number of carbonyl (C=O) groups is 1. The molecule has 0 bridgehead atoms. The number of sulfone groups is 1. The first kappa shape index (κ1) is 12.8. The topological polar surface area (TPSA) is 74.7 Å². The van der Waals surface area contributed by atoms with Gasteiger partial charge in [-0.25, -0.2) is 12.8 Å². The van der Waals surface area contributed by atoms with Crippen molar-refractivity contribution in [2.75, 3.05) is 24.2 Å². The average Bonchev–Trinajstić information content (AvgIpc) is 2.15. The number of nitrogens with zero attached hydrogens (tertiary/aromatic N) is 1. The fourth-order valence-corrected chi connectivity index (χ4v) is 2.44. The Morgan fingerprint density at radius 1 is 1.44 bits per heavy atom. The fraction of sp³-hybridized carbons (Fsp3) is 0.364. The van der Waals surface area contributed by atoms with E-state index in [0.717, 1.165) is 12.3 Å². The van der Waals surface area contributed by atoms with Gasteiger partial charge in [0.25, 0.3) is 0 Å². The molecule has 7 heteroatoms. The molecule has 1 aliphatic rings. The largest absolute Gasteiger partial charge is 0.481 e. The Balaban J connectivity index is 2.20. The molecule has 0 aromatic heterocycles. The minimum atomic E-state index is -3.43. The van der Waals surface area contributed by atoms with Gasteiger partial charge in [-0.3, -0.25) is 4.79 Å². The molecule has 2 rings (SSSR count). The number of hydrogen-bond donors (Lipinski definition) is 1. The van der Waals surface area contributed by atoms with Crippen molar-refractivity contribution < 1.29 is 22.7 Å². The van der Waals surface area contributed by atoms with Gasteiger partial charge in [0.05, 0.1) is 16.5 Å². The van der Waals surface area contributed by atoms with Crippen molar-refractivity contribution in [1.29, 1.82) is 0 Å². The predicted octanol–water partition coefficient (Wildman–Crippen LogP) is 0.750. The lowest BCUT2D eigenvalue weighted by Crippen LogP contribution is -2.50. The van der Waals surface area contributed by atoms with E-state index in [4.69, 9.17) is 5.11 Å². The summed E-state index contributed by atoms with van der Waals surface area (Å²) in [4.78, 5) is 12.1. The van der Waals surface area contributed by atoms with E-state index in [9.17, 15) is 17.6 Å². The molecule has 98 valence electrons. The van der Waals surface area contributed by atoms with Gasteiger partial charge in [-0.15, -0.1) is 0 Å². The standard InChI is InChI=1S/C11H12FNO4S/c1-18(16,17)8-2-3-10(9(12)4-8)13-5-7(6-13)11(14)15/h2-4,7H,5-6H2,1H3,(H,14,15). The van der Waals surface area contributed by atoms with Crippen LogP contribution < -0.4 is 4.90 Å². The Kier molecular flexibility index (Phi) is 3.02. The van der Waals surface area contributed by atoms with Crippen molar-refractivity contribution >= 4 is 21.5 Å². The maximum absolute atomic E-state index is 13.7. The molecule has 0 radical (unpaired) electrons. The van der Waals surface area contributed by atoms with E-state index in [-0.39, 0.29) is 23.7 Å². The maximum atomic E-state index is 13.7. The molecule has 0 aliphatic carbocycles. The van der Waals surface area contributed by atoms with Crippen LogP contribution in [0.5, 0.6) is 0 Å². The number of halogens is 1. The van der Waals surface area contributed by atoms with Gasteiger partial charge in [0.15, 0.2) is 9.84 Å². The van der Waals surface area contributed by atoms with Gasteiger partial charge in [0.2, 0.25) is 0 Å². The van der Waals surface area contributed by atoms with Gasteiger partial charge in [0, 0.05) is 19.3 Å². The van der Waals surface area contributed by atoms with Crippen LogP contribution in [-0.2, 0) is 14.6 Å². The van der Waals surface area contributed by atoms with Crippen LogP contribution in [0, 0.1) is 11.7 Å². The van der Waals surface area contributed by atoms with Crippen LogP contribution in [0.15, 0.2) is 23.1 Å². The second kappa shape index (κ2) is 4.24. The van der Waals surface area contributed by atoms with Crippen LogP contribution >= 0.6 is 0 Å². The lowest BCUT2D eigenvalue weighted by molar-refractivity contribution is -0.142. The summed E-state index contributed by atoms with van der Waals surface area (Å²) in [7, 11) is -3.43. The summed E-state index contributed by atoms with van der Waals surface area (Å²) in [6.07, 6.45) is 1.01. The van der Waals surface area contributed by atoms with Gasteiger partial charge in [-0.05, 0) is 18.2 Å². The van der Waals surface area contributed by atoms with E-state index in [0.29, 0.717) is 0 Å². The number of carboxylic acids is 1. The number of hydrogen-bond acceptors (Lipinski definition) is 4. The van der Waals surface area contributed by atoms with Crippen molar-refractivity contribution in [3.05, 3.63) is 24.0 Å². The predicted molar refractivity (Wildman–Crippen MR) is 62.8 cm³/mol. The summed E-state index contributed by atoms with van der Waals surface area (Å²) in [6.45, 7) is 0.481. The van der Waals surface area contributed by atoms with Gasteiger partial charge in [0.1, 0.15) is 5.82 Å². The molecule has 18 heavy (non-hydrogen) atoms. The number of aliphatic carboxylic acids is 1. The lowest BCUT2D eigenvalue weighted by Gasteiger charge is -2.38. The number of rotatable bonds is 3. The zero-order chi connectivity index (χ0) is 13.5. The SMILES string of the molecule is CS(=O)(=O)c1ccc(N2CC(C(=O)O)C2)c(F)c1. The third-order valence-corrected chi connectivity index (χ3v) is 4.03. The summed E-state index contributed by atoms with van der Waals surface area (Å²) < 4.78 is 36.2. The van der Waals surface area contributed by atoms with E-state index in [1.807, 2.05) is 0 Å². The molecule has 5 nitrogen and oxygen atoms in total. The minimum Gasteiger partial charge on any atom is -0.481 e. The van der Waals surface area contributed by atoms with E-state index < -0.39 is 27.5 Å². The van der Waals surface area contributed by atoms with Crippen molar-refractivity contribution in [2.45, 2.75) is 4.90 Å². The lowest BCUT2D eigenvalue weighted by atomic mass is 9.99. The third kappa shape index (κ3) is 2.31. The minimum absolute atomic E-state index is 0.0842. The van der Waals surface area contributed by atoms with Crippen molar-refractivity contribution in [3.63, 3.8) is 0 Å². The van der Waals surface area contributed by atoms with Gasteiger partial charge in [-0.1, -0.05) is 0 Å². The second-order valence-electron chi connectivity index (χ2n) is 4.33. The van der Waals surface area contributed by atoms with Crippen LogP contribution in [0.1, 0.15) is 0 Å². The maximum Gasteiger partial charge on any atom is 0.310 e. The normalized spacial score (nSPS) is 16.4. The molecule has 0 saturated carbocycles. The molecule has 1 fully saturated rings. The summed E-state index contributed by atoms with van der Waals surface area (Å²) in [5, 5.41) is 8.72. The van der Waals surface area contributed by atoms with Crippen molar-refractivity contribution in [1.82, 2.24) is 0 Å². The summed E-state index contributed by atoms with van der Waals surface area (Å²) in [6, 6.07) is 3.64. The zero-order valence-electron chi connectivity index (χ0n) is 9.63. The highest BCUT2D eigenvalue weighted by atomic mass is 32.2. The third-order valence-electron chi connectivity index (χ3n) is 2.92. The van der Waals surface area contributed by atoms with Gasteiger partial charge >= 0.3 is 5.97 Å². The molecular weight excluding hydrogens is 261 g/mol. The molecule has 0 spiro atoms. The summed E-state index contributed by atoms with van der Waals surface area (Å²) in [5.74, 6) is -2.04.